The number of benzene rings is 1. The van der Waals surface area contributed by atoms with Crippen LogP contribution in [0.4, 0.5) is 13.2 Å². The molecule has 0 radical (unpaired) electrons. The lowest BCUT2D eigenvalue weighted by Crippen LogP contribution is -2.35. The molecule has 1 saturated heterocycles. The molecule has 7 heteroatoms. The van der Waals surface area contributed by atoms with E-state index in [1.54, 1.807) is 24.7 Å². The number of piperidine rings is 1. The Morgan fingerprint density at radius 2 is 1.96 bits per heavy atom. The van der Waals surface area contributed by atoms with Crippen molar-refractivity contribution >= 4 is 0 Å². The maximum Gasteiger partial charge on any atom is 0.416 e. The minimum Gasteiger partial charge on any atom is -0.476 e. The third-order valence-corrected chi connectivity index (χ3v) is 4.37. The van der Waals surface area contributed by atoms with E-state index in [0.29, 0.717) is 30.5 Å². The molecule has 3 rings (SSSR count). The highest BCUT2D eigenvalue weighted by molar-refractivity contribution is 5.25. The van der Waals surface area contributed by atoms with Gasteiger partial charge in [-0.3, -0.25) is 9.88 Å². The molecule has 0 aliphatic carbocycles. The van der Waals surface area contributed by atoms with E-state index in [0.717, 1.165) is 32.0 Å². The Balaban J connectivity index is 1.46. The van der Waals surface area contributed by atoms with Crippen molar-refractivity contribution in [2.45, 2.75) is 25.6 Å². The average molecular weight is 351 g/mol. The van der Waals surface area contributed by atoms with E-state index in [4.69, 9.17) is 4.74 Å². The second kappa shape index (κ2) is 7.82. The lowest BCUT2D eigenvalue weighted by atomic mass is 9.97. The number of aromatic nitrogens is 2. The van der Waals surface area contributed by atoms with Gasteiger partial charge in [-0.05, 0) is 43.5 Å². The number of likely N-dealkylation sites (tertiary alicyclic amines) is 1. The number of alkyl halides is 3. The summed E-state index contributed by atoms with van der Waals surface area (Å²) in [7, 11) is 0. The smallest absolute Gasteiger partial charge is 0.416 e. The molecule has 4 nitrogen and oxygen atoms in total. The predicted octanol–water partition coefficient (Wildman–Crippen LogP) is 3.79. The van der Waals surface area contributed by atoms with Crippen molar-refractivity contribution in [1.82, 2.24) is 14.9 Å². The van der Waals surface area contributed by atoms with Crippen LogP contribution >= 0.6 is 0 Å². The first-order valence-corrected chi connectivity index (χ1v) is 8.28. The summed E-state index contributed by atoms with van der Waals surface area (Å²) in [6.07, 6.45) is 2.40. The van der Waals surface area contributed by atoms with Crippen LogP contribution in [0.3, 0.4) is 0 Å². The van der Waals surface area contributed by atoms with Gasteiger partial charge in [-0.25, -0.2) is 4.98 Å². The van der Waals surface area contributed by atoms with Crippen molar-refractivity contribution in [2.24, 2.45) is 5.92 Å². The van der Waals surface area contributed by atoms with E-state index in [2.05, 4.69) is 14.9 Å². The molecule has 134 valence electrons. The first kappa shape index (κ1) is 17.7. The number of hydrogen-bond donors (Lipinski definition) is 0. The number of rotatable bonds is 5. The monoisotopic (exact) mass is 351 g/mol. The number of ether oxygens (including phenoxy) is 1. The number of nitrogens with zero attached hydrogens (tertiary/aromatic N) is 3. The Kier molecular flexibility index (Phi) is 5.53. The van der Waals surface area contributed by atoms with Crippen LogP contribution < -0.4 is 4.74 Å². The van der Waals surface area contributed by atoms with Crippen LogP contribution in [0.15, 0.2) is 42.9 Å². The Hall–Kier alpha value is -2.15. The summed E-state index contributed by atoms with van der Waals surface area (Å²) < 4.78 is 44.0. The van der Waals surface area contributed by atoms with Crippen LogP contribution in [0.5, 0.6) is 5.88 Å². The van der Waals surface area contributed by atoms with Gasteiger partial charge in [-0.1, -0.05) is 18.2 Å². The molecule has 0 N–H and O–H groups in total. The highest BCUT2D eigenvalue weighted by Crippen LogP contribution is 2.30. The fourth-order valence-electron chi connectivity index (χ4n) is 2.98. The largest absolute Gasteiger partial charge is 0.476 e. The molecule has 1 aliphatic heterocycles. The molecule has 2 aromatic rings. The first-order valence-electron chi connectivity index (χ1n) is 8.28. The molecule has 2 heterocycles. The summed E-state index contributed by atoms with van der Waals surface area (Å²) in [6.45, 7) is 2.84. The van der Waals surface area contributed by atoms with Gasteiger partial charge in [-0.2, -0.15) is 13.2 Å². The molecule has 0 bridgehead atoms. The van der Waals surface area contributed by atoms with Gasteiger partial charge in [0.25, 0.3) is 0 Å². The predicted molar refractivity (Wildman–Crippen MR) is 87.0 cm³/mol. The highest BCUT2D eigenvalue weighted by Gasteiger charge is 2.30. The van der Waals surface area contributed by atoms with E-state index < -0.39 is 11.7 Å². The van der Waals surface area contributed by atoms with Crippen LogP contribution in [0.1, 0.15) is 24.0 Å². The molecule has 0 atom stereocenters. The van der Waals surface area contributed by atoms with Gasteiger partial charge in [0, 0.05) is 18.9 Å². The Morgan fingerprint density at radius 3 is 2.64 bits per heavy atom. The van der Waals surface area contributed by atoms with Gasteiger partial charge in [0.2, 0.25) is 5.88 Å². The van der Waals surface area contributed by atoms with E-state index in [9.17, 15) is 13.2 Å². The molecule has 1 aromatic heterocycles. The van der Waals surface area contributed by atoms with Crippen LogP contribution in [0, 0.1) is 5.92 Å². The van der Waals surface area contributed by atoms with Gasteiger partial charge >= 0.3 is 6.18 Å². The normalized spacial score (nSPS) is 16.8. The summed E-state index contributed by atoms with van der Waals surface area (Å²) in [6, 6.07) is 5.57. The lowest BCUT2D eigenvalue weighted by Gasteiger charge is -2.31. The SMILES string of the molecule is FC(F)(F)c1cccc(CN2CCC(COc3cnccn3)CC2)c1. The van der Waals surface area contributed by atoms with Crippen molar-refractivity contribution in [1.29, 1.82) is 0 Å². The number of halogens is 3. The molecular weight excluding hydrogens is 331 g/mol. The van der Waals surface area contributed by atoms with E-state index >= 15 is 0 Å². The molecule has 1 fully saturated rings. The van der Waals surface area contributed by atoms with Gasteiger partial charge in [0.1, 0.15) is 0 Å². The third-order valence-electron chi connectivity index (χ3n) is 4.37. The molecule has 25 heavy (non-hydrogen) atoms. The Labute approximate surface area is 144 Å². The maximum atomic E-state index is 12.8. The maximum absolute atomic E-state index is 12.8. The lowest BCUT2D eigenvalue weighted by molar-refractivity contribution is -0.137. The van der Waals surface area contributed by atoms with E-state index in [1.807, 2.05) is 0 Å². The van der Waals surface area contributed by atoms with E-state index in [1.165, 1.54) is 12.1 Å². The molecule has 0 saturated carbocycles. The quantitative estimate of drug-likeness (QED) is 0.822. The standard InChI is InChI=1S/C18H20F3N3O/c19-18(20,21)16-3-1-2-15(10-16)12-24-8-4-14(5-9-24)13-25-17-11-22-6-7-23-17/h1-3,6-7,10-11,14H,4-5,8-9,12-13H2. The summed E-state index contributed by atoms with van der Waals surface area (Å²) >= 11 is 0. The van der Waals surface area contributed by atoms with Crippen molar-refractivity contribution in [3.8, 4) is 5.88 Å². The van der Waals surface area contributed by atoms with Crippen LogP contribution in [-0.4, -0.2) is 34.6 Å². The van der Waals surface area contributed by atoms with Crippen LogP contribution in [0.25, 0.3) is 0 Å². The van der Waals surface area contributed by atoms with Crippen molar-refractivity contribution in [3.05, 3.63) is 54.0 Å². The third kappa shape index (κ3) is 5.16. The van der Waals surface area contributed by atoms with E-state index in [-0.39, 0.29) is 0 Å². The highest BCUT2D eigenvalue weighted by atomic mass is 19.4. The second-order valence-electron chi connectivity index (χ2n) is 6.27. The van der Waals surface area contributed by atoms with Crippen LogP contribution in [-0.2, 0) is 12.7 Å². The molecule has 1 aliphatic rings. The zero-order valence-corrected chi connectivity index (χ0v) is 13.7. The van der Waals surface area contributed by atoms with Crippen molar-refractivity contribution < 1.29 is 17.9 Å². The van der Waals surface area contributed by atoms with Gasteiger partial charge in [-0.15, -0.1) is 0 Å². The summed E-state index contributed by atoms with van der Waals surface area (Å²) in [4.78, 5) is 10.2. The van der Waals surface area contributed by atoms with Crippen LogP contribution in [0.2, 0.25) is 0 Å². The van der Waals surface area contributed by atoms with Gasteiger partial charge < -0.3 is 4.74 Å². The zero-order valence-electron chi connectivity index (χ0n) is 13.7. The fourth-order valence-corrected chi connectivity index (χ4v) is 2.98. The summed E-state index contributed by atoms with van der Waals surface area (Å²) in [5.74, 6) is 0.952. The first-order chi connectivity index (χ1) is 12.0. The summed E-state index contributed by atoms with van der Waals surface area (Å²) in [5, 5.41) is 0. The second-order valence-corrected chi connectivity index (χ2v) is 6.27. The zero-order chi connectivity index (χ0) is 17.7. The van der Waals surface area contributed by atoms with Gasteiger partial charge in [0.05, 0.1) is 18.4 Å². The van der Waals surface area contributed by atoms with Crippen molar-refractivity contribution in [3.63, 3.8) is 0 Å². The average Bonchev–Trinajstić information content (AvgIpc) is 2.62. The van der Waals surface area contributed by atoms with Gasteiger partial charge in [0.15, 0.2) is 0 Å². The minimum atomic E-state index is -4.29. The minimum absolute atomic E-state index is 0.430. The summed E-state index contributed by atoms with van der Waals surface area (Å²) in [5.41, 5.74) is 0.112. The molecule has 0 unspecified atom stereocenters. The van der Waals surface area contributed by atoms with Crippen molar-refractivity contribution in [2.75, 3.05) is 19.7 Å². The Bertz CT molecular complexity index is 671. The number of hydrogen-bond acceptors (Lipinski definition) is 4. The molecule has 0 amide bonds. The molecule has 1 aromatic carbocycles. The molecule has 0 spiro atoms. The fraction of sp³-hybridized carbons (Fsp3) is 0.444. The topological polar surface area (TPSA) is 38.2 Å². The Morgan fingerprint density at radius 1 is 1.16 bits per heavy atom. The molecular formula is C18H20F3N3O.